The molecule has 0 aliphatic carbocycles. The molecule has 0 fully saturated rings. The number of aromatic nitrogens is 2. The van der Waals surface area contributed by atoms with Gasteiger partial charge >= 0.3 is 5.97 Å². The molecule has 5 nitrogen and oxygen atoms in total. The Labute approximate surface area is 171 Å². The van der Waals surface area contributed by atoms with E-state index in [1.807, 2.05) is 18.3 Å². The van der Waals surface area contributed by atoms with Gasteiger partial charge in [-0.05, 0) is 53.7 Å². The molecule has 2 unspecified atom stereocenters. The minimum atomic E-state index is -0.934. The molecule has 2 N–H and O–H groups in total. The normalized spacial score (nSPS) is 19.9. The van der Waals surface area contributed by atoms with Gasteiger partial charge in [-0.3, -0.25) is 10.00 Å². The predicted octanol–water partition coefficient (Wildman–Crippen LogP) is 4.65. The van der Waals surface area contributed by atoms with Gasteiger partial charge in [0.15, 0.2) is 0 Å². The van der Waals surface area contributed by atoms with Gasteiger partial charge in [0.25, 0.3) is 0 Å². The van der Waals surface area contributed by atoms with Crippen LogP contribution in [0, 0.1) is 5.92 Å². The highest BCUT2D eigenvalue weighted by molar-refractivity contribution is 5.85. The van der Waals surface area contributed by atoms with Gasteiger partial charge in [-0.2, -0.15) is 5.10 Å². The molecule has 0 spiro atoms. The quantitative estimate of drug-likeness (QED) is 0.623. The molecule has 0 saturated carbocycles. The van der Waals surface area contributed by atoms with E-state index in [4.69, 9.17) is 5.11 Å². The number of hydrogen-bond acceptors (Lipinski definition) is 3. The Bertz CT molecular complexity index is 1050. The van der Waals surface area contributed by atoms with Crippen LogP contribution < -0.4 is 0 Å². The van der Waals surface area contributed by atoms with Crippen molar-refractivity contribution in [2.45, 2.75) is 39.3 Å². The molecule has 0 radical (unpaired) electrons. The lowest BCUT2D eigenvalue weighted by molar-refractivity contribution is -0.131. The topological polar surface area (TPSA) is 69.2 Å². The lowest BCUT2D eigenvalue weighted by Gasteiger charge is -2.43. The molecule has 0 amide bonds. The summed E-state index contributed by atoms with van der Waals surface area (Å²) in [6.45, 7) is 7.85. The highest BCUT2D eigenvalue weighted by atomic mass is 16.4. The van der Waals surface area contributed by atoms with Crippen molar-refractivity contribution < 1.29 is 9.90 Å². The number of benzene rings is 2. The van der Waals surface area contributed by atoms with Crippen LogP contribution in [0.5, 0.6) is 0 Å². The third-order valence-corrected chi connectivity index (χ3v) is 5.71. The van der Waals surface area contributed by atoms with Crippen molar-refractivity contribution in [2.75, 3.05) is 6.54 Å². The second kappa shape index (κ2) is 7.84. The maximum Gasteiger partial charge on any atom is 0.328 e. The fraction of sp³-hybridized carbons (Fsp3) is 0.333. The molecule has 1 aliphatic heterocycles. The number of carboxylic acids is 1. The van der Waals surface area contributed by atoms with E-state index in [0.29, 0.717) is 12.0 Å². The van der Waals surface area contributed by atoms with E-state index in [-0.39, 0.29) is 6.04 Å². The molecule has 4 rings (SSSR count). The van der Waals surface area contributed by atoms with E-state index in [2.05, 4.69) is 60.1 Å². The number of carboxylic acid groups (broad SMARTS) is 1. The van der Waals surface area contributed by atoms with Crippen LogP contribution in [0.4, 0.5) is 0 Å². The van der Waals surface area contributed by atoms with E-state index in [1.54, 1.807) is 6.08 Å². The molecular formula is C24H27N3O2. The summed E-state index contributed by atoms with van der Waals surface area (Å²) < 4.78 is 0. The zero-order valence-electron chi connectivity index (χ0n) is 17.1. The average Bonchev–Trinajstić information content (AvgIpc) is 3.16. The molecule has 1 aromatic heterocycles. The number of aliphatic carboxylic acids is 1. The molecule has 3 aromatic rings. The van der Waals surface area contributed by atoms with Crippen LogP contribution in [-0.2, 0) is 11.2 Å². The highest BCUT2D eigenvalue weighted by Gasteiger charge is 2.34. The van der Waals surface area contributed by atoms with Crippen LogP contribution in [0.2, 0.25) is 0 Å². The van der Waals surface area contributed by atoms with Crippen LogP contribution in [0.25, 0.3) is 17.0 Å². The van der Waals surface area contributed by atoms with Crippen molar-refractivity contribution in [3.05, 3.63) is 70.9 Å². The Morgan fingerprint density at radius 1 is 1.28 bits per heavy atom. The van der Waals surface area contributed by atoms with E-state index in [9.17, 15) is 4.79 Å². The van der Waals surface area contributed by atoms with Crippen LogP contribution >= 0.6 is 0 Å². The minimum Gasteiger partial charge on any atom is -0.478 e. The van der Waals surface area contributed by atoms with Crippen molar-refractivity contribution in [1.29, 1.82) is 0 Å². The summed E-state index contributed by atoms with van der Waals surface area (Å²) in [6, 6.07) is 13.2. The molecule has 1 aliphatic rings. The number of aromatic amines is 1. The van der Waals surface area contributed by atoms with E-state index in [0.717, 1.165) is 24.0 Å². The summed E-state index contributed by atoms with van der Waals surface area (Å²) in [5.41, 5.74) is 5.92. The second-order valence-electron chi connectivity index (χ2n) is 8.35. The van der Waals surface area contributed by atoms with Gasteiger partial charge < -0.3 is 5.11 Å². The summed E-state index contributed by atoms with van der Waals surface area (Å²) in [5.74, 6) is -0.367. The number of fused-ring (bicyclic) bond motifs is 3. The van der Waals surface area contributed by atoms with Crippen molar-refractivity contribution in [3.63, 3.8) is 0 Å². The maximum absolute atomic E-state index is 10.8. The Kier molecular flexibility index (Phi) is 5.24. The zero-order valence-corrected chi connectivity index (χ0v) is 17.1. The van der Waals surface area contributed by atoms with Crippen LogP contribution in [0.1, 0.15) is 49.1 Å². The van der Waals surface area contributed by atoms with Crippen LogP contribution in [0.3, 0.4) is 0 Å². The largest absolute Gasteiger partial charge is 0.478 e. The third-order valence-electron chi connectivity index (χ3n) is 5.71. The summed E-state index contributed by atoms with van der Waals surface area (Å²) in [5, 5.41) is 17.4. The van der Waals surface area contributed by atoms with Crippen molar-refractivity contribution >= 4 is 22.9 Å². The summed E-state index contributed by atoms with van der Waals surface area (Å²) in [6.07, 6.45) is 5.75. The van der Waals surface area contributed by atoms with Gasteiger partial charge in [0, 0.05) is 24.0 Å². The van der Waals surface area contributed by atoms with Gasteiger partial charge in [-0.1, -0.05) is 44.2 Å². The molecular weight excluding hydrogens is 362 g/mol. The molecule has 150 valence electrons. The van der Waals surface area contributed by atoms with E-state index < -0.39 is 5.97 Å². The van der Waals surface area contributed by atoms with Crippen LogP contribution in [-0.4, -0.2) is 38.8 Å². The first-order chi connectivity index (χ1) is 13.9. The van der Waals surface area contributed by atoms with Gasteiger partial charge in [0.2, 0.25) is 0 Å². The fourth-order valence-electron chi connectivity index (χ4n) is 4.46. The highest BCUT2D eigenvalue weighted by Crippen LogP contribution is 2.40. The predicted molar refractivity (Wildman–Crippen MR) is 116 cm³/mol. The second-order valence-corrected chi connectivity index (χ2v) is 8.35. The first kappa shape index (κ1) is 19.4. The number of hydrogen-bond donors (Lipinski definition) is 2. The summed E-state index contributed by atoms with van der Waals surface area (Å²) in [4.78, 5) is 13.4. The maximum atomic E-state index is 10.8. The Morgan fingerprint density at radius 2 is 2.03 bits per heavy atom. The van der Waals surface area contributed by atoms with Crippen molar-refractivity contribution in [1.82, 2.24) is 15.1 Å². The van der Waals surface area contributed by atoms with E-state index >= 15 is 0 Å². The Morgan fingerprint density at radius 3 is 2.72 bits per heavy atom. The molecule has 0 saturated heterocycles. The fourth-order valence-corrected chi connectivity index (χ4v) is 4.46. The van der Waals surface area contributed by atoms with Crippen molar-refractivity contribution in [3.8, 4) is 0 Å². The standard InChI is InChI=1S/C24H27N3O2/c1-15(2)14-27-16(3)12-20-19(9-10-22-21(20)13-25-26-22)24(27)18-7-4-17(5-8-18)6-11-23(28)29/h4-11,13,15-16,24H,12,14H2,1-3H3,(H,25,26)(H,28,29)/b11-6+. The molecule has 2 heterocycles. The summed E-state index contributed by atoms with van der Waals surface area (Å²) >= 11 is 0. The Hall–Kier alpha value is -2.92. The van der Waals surface area contributed by atoms with Gasteiger partial charge in [0.1, 0.15) is 0 Å². The molecule has 0 bridgehead atoms. The monoisotopic (exact) mass is 389 g/mol. The van der Waals surface area contributed by atoms with Crippen molar-refractivity contribution in [2.24, 2.45) is 5.92 Å². The number of rotatable bonds is 5. The number of H-pyrrole nitrogens is 1. The van der Waals surface area contributed by atoms with Gasteiger partial charge in [-0.15, -0.1) is 0 Å². The van der Waals surface area contributed by atoms with Gasteiger partial charge in [0.05, 0.1) is 17.8 Å². The molecule has 2 aromatic carbocycles. The summed E-state index contributed by atoms with van der Waals surface area (Å²) in [7, 11) is 0. The van der Waals surface area contributed by atoms with Gasteiger partial charge in [-0.25, -0.2) is 4.79 Å². The zero-order chi connectivity index (χ0) is 20.5. The average molecular weight is 389 g/mol. The van der Waals surface area contributed by atoms with E-state index in [1.165, 1.54) is 28.2 Å². The molecule has 5 heteroatoms. The number of nitrogens with one attached hydrogen (secondary N) is 1. The third kappa shape index (κ3) is 3.83. The first-order valence-electron chi connectivity index (χ1n) is 10.2. The SMILES string of the molecule is CC(C)CN1C(C)Cc2c(ccc3[nH]ncc23)C1c1ccc(/C=C/C(=O)O)cc1. The number of carbonyl (C=O) groups is 1. The smallest absolute Gasteiger partial charge is 0.328 e. The minimum absolute atomic E-state index is 0.174. The first-order valence-corrected chi connectivity index (χ1v) is 10.2. The molecule has 29 heavy (non-hydrogen) atoms. The lowest BCUT2D eigenvalue weighted by Crippen LogP contribution is -2.44. The lowest BCUT2D eigenvalue weighted by atomic mass is 9.83. The number of nitrogens with zero attached hydrogens (tertiary/aromatic N) is 2. The molecule has 2 atom stereocenters. The Balaban J connectivity index is 1.80. The van der Waals surface area contributed by atoms with Crippen LogP contribution in [0.15, 0.2) is 48.7 Å².